The molecule has 29 heavy (non-hydrogen) atoms. The summed E-state index contributed by atoms with van der Waals surface area (Å²) in [6.07, 6.45) is 0. The van der Waals surface area contributed by atoms with E-state index in [2.05, 4.69) is 15.9 Å². The van der Waals surface area contributed by atoms with Crippen molar-refractivity contribution in [3.05, 3.63) is 64.6 Å². The van der Waals surface area contributed by atoms with Crippen molar-refractivity contribution in [1.82, 2.24) is 0 Å². The van der Waals surface area contributed by atoms with Gasteiger partial charge in [0.1, 0.15) is 5.25 Å². The second kappa shape index (κ2) is 8.28. The topological polar surface area (TPSA) is 86.7 Å². The highest BCUT2D eigenvalue weighted by Crippen LogP contribution is 2.65. The first-order chi connectivity index (χ1) is 13.8. The van der Waals surface area contributed by atoms with E-state index in [1.807, 2.05) is 0 Å². The van der Waals surface area contributed by atoms with Gasteiger partial charge in [-0.05, 0) is 43.7 Å². The largest absolute Gasteiger partial charge is 0.465 e. The van der Waals surface area contributed by atoms with Crippen LogP contribution in [-0.2, 0) is 28.9 Å². The molecule has 0 heterocycles. The third kappa shape index (κ3) is 3.59. The molecule has 0 aromatic heterocycles. The lowest BCUT2D eigenvalue weighted by molar-refractivity contribution is -0.164. The van der Waals surface area contributed by atoms with Crippen LogP contribution in [0.25, 0.3) is 0 Å². The molecule has 1 aliphatic carbocycles. The number of benzene rings is 2. The minimum atomic E-state index is -4.02. The first kappa shape index (κ1) is 21.5. The number of carbonyl (C=O) groups is 2. The number of sulfone groups is 1. The zero-order valence-corrected chi connectivity index (χ0v) is 18.4. The Morgan fingerprint density at radius 1 is 0.931 bits per heavy atom. The van der Waals surface area contributed by atoms with Crippen molar-refractivity contribution in [1.29, 1.82) is 0 Å². The molecule has 0 aliphatic heterocycles. The summed E-state index contributed by atoms with van der Waals surface area (Å²) in [6, 6.07) is 14.7. The zero-order chi connectivity index (χ0) is 21.2. The van der Waals surface area contributed by atoms with Gasteiger partial charge < -0.3 is 9.47 Å². The van der Waals surface area contributed by atoms with Gasteiger partial charge in [-0.3, -0.25) is 9.59 Å². The minimum absolute atomic E-state index is 0.0190. The predicted molar refractivity (Wildman–Crippen MR) is 110 cm³/mol. The zero-order valence-electron chi connectivity index (χ0n) is 16.0. The first-order valence-electron chi connectivity index (χ1n) is 9.20. The monoisotopic (exact) mass is 480 g/mol. The van der Waals surface area contributed by atoms with Crippen LogP contribution in [-0.4, -0.2) is 38.8 Å². The van der Waals surface area contributed by atoms with E-state index in [9.17, 15) is 18.0 Å². The summed E-state index contributed by atoms with van der Waals surface area (Å²) in [5.74, 6) is -2.66. The first-order valence-corrected chi connectivity index (χ1v) is 11.5. The molecule has 1 saturated carbocycles. The van der Waals surface area contributed by atoms with Crippen molar-refractivity contribution in [3.63, 3.8) is 0 Å². The summed E-state index contributed by atoms with van der Waals surface area (Å²) < 4.78 is 38.0. The number of ether oxygens (including phenoxy) is 2. The quantitative estimate of drug-likeness (QED) is 0.445. The van der Waals surface area contributed by atoms with Crippen molar-refractivity contribution in [2.24, 2.45) is 5.41 Å². The van der Waals surface area contributed by atoms with Crippen LogP contribution in [0.4, 0.5) is 0 Å². The fourth-order valence-electron chi connectivity index (χ4n) is 3.72. The summed E-state index contributed by atoms with van der Waals surface area (Å²) in [5, 5.41) is -1.31. The smallest absolute Gasteiger partial charge is 0.325 e. The lowest BCUT2D eigenvalue weighted by Gasteiger charge is -2.15. The third-order valence-corrected chi connectivity index (χ3v) is 7.76. The van der Waals surface area contributed by atoms with Crippen molar-refractivity contribution < 1.29 is 27.5 Å². The molecule has 6 nitrogen and oxygen atoms in total. The Labute approximate surface area is 178 Å². The van der Waals surface area contributed by atoms with Crippen molar-refractivity contribution in [2.45, 2.75) is 29.9 Å². The Balaban J connectivity index is 2.19. The van der Waals surface area contributed by atoms with E-state index in [0.29, 0.717) is 5.56 Å². The Bertz CT molecular complexity index is 983. The Hall–Kier alpha value is -2.19. The van der Waals surface area contributed by atoms with Crippen LogP contribution >= 0.6 is 15.9 Å². The van der Waals surface area contributed by atoms with Crippen molar-refractivity contribution in [2.75, 3.05) is 13.2 Å². The summed E-state index contributed by atoms with van der Waals surface area (Å²) in [5.41, 5.74) is -1.38. The van der Waals surface area contributed by atoms with Crippen molar-refractivity contribution in [3.8, 4) is 0 Å². The van der Waals surface area contributed by atoms with Gasteiger partial charge in [0.05, 0.1) is 18.1 Å². The second-order valence-corrected chi connectivity index (χ2v) is 9.60. The molecule has 1 fully saturated rings. The number of esters is 2. The fourth-order valence-corrected chi connectivity index (χ4v) is 6.29. The molecule has 0 unspecified atom stereocenters. The molecule has 0 N–H and O–H groups in total. The van der Waals surface area contributed by atoms with Crippen LogP contribution in [0.5, 0.6) is 0 Å². The van der Waals surface area contributed by atoms with Gasteiger partial charge in [-0.2, -0.15) is 0 Å². The molecule has 1 aliphatic rings. The van der Waals surface area contributed by atoms with Gasteiger partial charge in [0.15, 0.2) is 15.3 Å². The highest BCUT2D eigenvalue weighted by atomic mass is 79.9. The molecule has 2 atom stereocenters. The standard InChI is InChI=1S/C21H21BrO6S/c1-3-27-19(23)21(20(24)28-4-2)17(14-10-12-15(22)13-11-14)18(21)29(25,26)16-8-6-5-7-9-16/h5-13,17-18H,3-4H2,1-2H3/t17-,18+/m1/s1. The summed E-state index contributed by atoms with van der Waals surface area (Å²) in [6.45, 7) is 3.25. The molecule has 0 saturated heterocycles. The summed E-state index contributed by atoms with van der Waals surface area (Å²) in [4.78, 5) is 26.0. The predicted octanol–water partition coefficient (Wildman–Crippen LogP) is 3.50. The van der Waals surface area contributed by atoms with Crippen LogP contribution in [0.3, 0.4) is 0 Å². The molecular weight excluding hydrogens is 460 g/mol. The number of hydrogen-bond donors (Lipinski definition) is 0. The highest BCUT2D eigenvalue weighted by molar-refractivity contribution is 9.10. The van der Waals surface area contributed by atoms with Crippen LogP contribution in [0, 0.1) is 5.41 Å². The molecule has 2 aromatic rings. The van der Waals surface area contributed by atoms with Crippen LogP contribution in [0.2, 0.25) is 0 Å². The van der Waals surface area contributed by atoms with E-state index < -0.39 is 38.4 Å². The molecule has 2 aromatic carbocycles. The van der Waals surface area contributed by atoms with Gasteiger partial charge in [-0.25, -0.2) is 8.42 Å². The number of rotatable bonds is 7. The number of halogens is 1. The Morgan fingerprint density at radius 3 is 1.93 bits per heavy atom. The number of carbonyl (C=O) groups excluding carboxylic acids is 2. The Morgan fingerprint density at radius 2 is 1.45 bits per heavy atom. The molecule has 0 spiro atoms. The normalized spacial score (nSPS) is 20.0. The third-order valence-electron chi connectivity index (χ3n) is 4.99. The van der Waals surface area contributed by atoms with Gasteiger partial charge in [0.25, 0.3) is 0 Å². The summed E-state index contributed by atoms with van der Waals surface area (Å²) in [7, 11) is -4.02. The average Bonchev–Trinajstić information content (AvgIpc) is 3.42. The van der Waals surface area contributed by atoms with E-state index >= 15 is 0 Å². The van der Waals surface area contributed by atoms with Gasteiger partial charge in [-0.1, -0.05) is 46.3 Å². The Kier molecular flexibility index (Phi) is 6.14. The molecular formula is C21H21BrO6S. The van der Waals surface area contributed by atoms with Gasteiger partial charge in [0.2, 0.25) is 0 Å². The second-order valence-electron chi connectivity index (χ2n) is 6.62. The maximum Gasteiger partial charge on any atom is 0.325 e. The maximum atomic E-state index is 13.5. The minimum Gasteiger partial charge on any atom is -0.465 e. The van der Waals surface area contributed by atoms with E-state index in [-0.39, 0.29) is 18.1 Å². The van der Waals surface area contributed by atoms with Crippen LogP contribution < -0.4 is 0 Å². The number of hydrogen-bond acceptors (Lipinski definition) is 6. The van der Waals surface area contributed by atoms with E-state index in [1.165, 1.54) is 12.1 Å². The van der Waals surface area contributed by atoms with Crippen LogP contribution in [0.1, 0.15) is 25.3 Å². The fraction of sp³-hybridized carbons (Fsp3) is 0.333. The lowest BCUT2D eigenvalue weighted by Crippen LogP contribution is -2.35. The van der Waals surface area contributed by atoms with Gasteiger partial charge >= 0.3 is 11.9 Å². The molecule has 3 rings (SSSR count). The molecule has 0 radical (unpaired) electrons. The average molecular weight is 481 g/mol. The molecule has 0 bridgehead atoms. The van der Waals surface area contributed by atoms with Crippen LogP contribution in [0.15, 0.2) is 64.0 Å². The van der Waals surface area contributed by atoms with E-state index in [0.717, 1.165) is 4.47 Å². The van der Waals surface area contributed by atoms with E-state index in [1.54, 1.807) is 56.3 Å². The molecule has 8 heteroatoms. The van der Waals surface area contributed by atoms with E-state index in [4.69, 9.17) is 9.47 Å². The maximum absolute atomic E-state index is 13.5. The molecule has 0 amide bonds. The van der Waals surface area contributed by atoms with Gasteiger partial charge in [-0.15, -0.1) is 0 Å². The lowest BCUT2D eigenvalue weighted by atomic mass is 9.99. The van der Waals surface area contributed by atoms with Gasteiger partial charge in [0, 0.05) is 10.4 Å². The SMILES string of the molecule is CCOC(=O)C1(C(=O)OCC)[C@H](c2ccc(Br)cc2)[C@@H]1S(=O)(=O)c1ccccc1. The summed E-state index contributed by atoms with van der Waals surface area (Å²) >= 11 is 3.34. The highest BCUT2D eigenvalue weighted by Gasteiger charge is 2.81. The molecule has 154 valence electrons. The van der Waals surface area contributed by atoms with Crippen molar-refractivity contribution >= 4 is 37.7 Å².